The van der Waals surface area contributed by atoms with Crippen molar-refractivity contribution in [2.24, 2.45) is 5.92 Å². The minimum Gasteiger partial charge on any atom is -0.494 e. The van der Waals surface area contributed by atoms with Crippen molar-refractivity contribution in [3.8, 4) is 22.6 Å². The van der Waals surface area contributed by atoms with E-state index in [0.29, 0.717) is 24.5 Å². The van der Waals surface area contributed by atoms with E-state index in [1.54, 1.807) is 6.07 Å². The molecule has 1 fully saturated rings. The molecule has 2 nitrogen and oxygen atoms in total. The van der Waals surface area contributed by atoms with Gasteiger partial charge in [-0.3, -0.25) is 0 Å². The van der Waals surface area contributed by atoms with Gasteiger partial charge in [0.25, 0.3) is 0 Å². The highest BCUT2D eigenvalue weighted by atomic mass is 19.2. The fourth-order valence-electron chi connectivity index (χ4n) is 4.95. The standard InChI is InChI=1S/C30H33F3O2/c1-3-5-20-6-10-23(11-7-20)26-16-17-28(30(33)29(26)32)35-19-21-8-12-22(13-9-21)25-15-14-24(34-4-2)18-27(25)31/h6-7,10-11,14-18,21-22H,3-5,8-9,12-13,19H2,1-2H3. The third kappa shape index (κ3) is 6.01. The number of rotatable bonds is 9. The number of benzene rings is 3. The van der Waals surface area contributed by atoms with Gasteiger partial charge in [0.2, 0.25) is 5.82 Å². The largest absolute Gasteiger partial charge is 0.494 e. The van der Waals surface area contributed by atoms with Crippen LogP contribution in [0.15, 0.2) is 54.6 Å². The fraction of sp³-hybridized carbons (Fsp3) is 0.400. The molecule has 5 heteroatoms. The van der Waals surface area contributed by atoms with Gasteiger partial charge in [-0.15, -0.1) is 0 Å². The maximum Gasteiger partial charge on any atom is 0.201 e. The maximum atomic E-state index is 14.8. The number of aryl methyl sites for hydroxylation is 1. The van der Waals surface area contributed by atoms with Crippen LogP contribution in [0.25, 0.3) is 11.1 Å². The summed E-state index contributed by atoms with van der Waals surface area (Å²) in [6, 6.07) is 15.7. The summed E-state index contributed by atoms with van der Waals surface area (Å²) in [7, 11) is 0. The van der Waals surface area contributed by atoms with Crippen molar-refractivity contribution in [1.82, 2.24) is 0 Å². The van der Waals surface area contributed by atoms with E-state index in [4.69, 9.17) is 9.47 Å². The van der Waals surface area contributed by atoms with Crippen molar-refractivity contribution in [2.75, 3.05) is 13.2 Å². The Morgan fingerprint density at radius 2 is 1.54 bits per heavy atom. The zero-order chi connectivity index (χ0) is 24.8. The zero-order valence-electron chi connectivity index (χ0n) is 20.5. The lowest BCUT2D eigenvalue weighted by atomic mass is 9.79. The van der Waals surface area contributed by atoms with E-state index in [2.05, 4.69) is 6.92 Å². The fourth-order valence-corrected chi connectivity index (χ4v) is 4.95. The molecule has 3 aromatic rings. The van der Waals surface area contributed by atoms with Crippen LogP contribution < -0.4 is 9.47 Å². The van der Waals surface area contributed by atoms with Gasteiger partial charge in [-0.05, 0) is 85.8 Å². The van der Waals surface area contributed by atoms with Gasteiger partial charge in [0, 0.05) is 11.6 Å². The molecular weight excluding hydrogens is 449 g/mol. The van der Waals surface area contributed by atoms with Gasteiger partial charge in [0.05, 0.1) is 13.2 Å². The maximum absolute atomic E-state index is 14.8. The molecule has 1 saturated carbocycles. The van der Waals surface area contributed by atoms with Crippen LogP contribution in [-0.2, 0) is 6.42 Å². The molecule has 1 aliphatic carbocycles. The first-order valence-electron chi connectivity index (χ1n) is 12.6. The summed E-state index contributed by atoms with van der Waals surface area (Å²) in [5.41, 5.74) is 2.78. The third-order valence-corrected chi connectivity index (χ3v) is 6.89. The van der Waals surface area contributed by atoms with Crippen LogP contribution in [0.1, 0.15) is 63.0 Å². The van der Waals surface area contributed by atoms with Gasteiger partial charge in [0.15, 0.2) is 11.6 Å². The molecule has 0 atom stereocenters. The molecule has 0 aromatic heterocycles. The molecule has 1 aliphatic rings. The van der Waals surface area contributed by atoms with Crippen LogP contribution in [0.4, 0.5) is 13.2 Å². The molecule has 0 heterocycles. The van der Waals surface area contributed by atoms with Crippen LogP contribution in [-0.4, -0.2) is 13.2 Å². The lowest BCUT2D eigenvalue weighted by Gasteiger charge is -2.29. The second-order valence-corrected chi connectivity index (χ2v) is 9.33. The molecular formula is C30H33F3O2. The first-order valence-corrected chi connectivity index (χ1v) is 12.6. The average molecular weight is 483 g/mol. The Labute approximate surface area is 206 Å². The zero-order valence-corrected chi connectivity index (χ0v) is 20.5. The van der Waals surface area contributed by atoms with E-state index < -0.39 is 11.6 Å². The Bertz CT molecular complexity index is 1120. The highest BCUT2D eigenvalue weighted by molar-refractivity contribution is 5.65. The Morgan fingerprint density at radius 3 is 2.20 bits per heavy atom. The first kappa shape index (κ1) is 25.2. The van der Waals surface area contributed by atoms with Crippen LogP contribution in [0.2, 0.25) is 0 Å². The third-order valence-electron chi connectivity index (χ3n) is 6.89. The predicted octanol–water partition coefficient (Wildman–Crippen LogP) is 8.47. The van der Waals surface area contributed by atoms with Crippen molar-refractivity contribution in [3.63, 3.8) is 0 Å². The Balaban J connectivity index is 1.34. The molecule has 0 bridgehead atoms. The van der Waals surface area contributed by atoms with Crippen molar-refractivity contribution >= 4 is 0 Å². The van der Waals surface area contributed by atoms with E-state index in [-0.39, 0.29) is 29.0 Å². The van der Waals surface area contributed by atoms with Crippen molar-refractivity contribution in [1.29, 1.82) is 0 Å². The molecule has 0 aliphatic heterocycles. The van der Waals surface area contributed by atoms with E-state index in [1.807, 2.05) is 43.3 Å². The Hall–Kier alpha value is -2.95. The van der Waals surface area contributed by atoms with Crippen molar-refractivity contribution in [2.45, 2.75) is 58.3 Å². The predicted molar refractivity (Wildman–Crippen MR) is 134 cm³/mol. The summed E-state index contributed by atoms with van der Waals surface area (Å²) in [6.07, 6.45) is 5.37. The van der Waals surface area contributed by atoms with E-state index in [1.165, 1.54) is 17.7 Å². The normalized spacial score (nSPS) is 17.9. The SMILES string of the molecule is CCCc1ccc(-c2ccc(OCC3CCC(c4ccc(OCC)cc4F)CC3)c(F)c2F)cc1. The molecule has 0 saturated heterocycles. The van der Waals surface area contributed by atoms with E-state index in [0.717, 1.165) is 44.1 Å². The van der Waals surface area contributed by atoms with Crippen LogP contribution in [0.5, 0.6) is 11.5 Å². The molecule has 3 aromatic carbocycles. The first-order chi connectivity index (χ1) is 17.0. The summed E-state index contributed by atoms with van der Waals surface area (Å²) in [6.45, 7) is 4.80. The summed E-state index contributed by atoms with van der Waals surface area (Å²) in [5, 5.41) is 0. The quantitative estimate of drug-likeness (QED) is 0.304. The van der Waals surface area contributed by atoms with E-state index >= 15 is 0 Å². The molecule has 0 N–H and O–H groups in total. The number of halogens is 3. The van der Waals surface area contributed by atoms with Crippen molar-refractivity contribution < 1.29 is 22.6 Å². The number of ether oxygens (including phenoxy) is 2. The lowest BCUT2D eigenvalue weighted by molar-refractivity contribution is 0.192. The van der Waals surface area contributed by atoms with Gasteiger partial charge < -0.3 is 9.47 Å². The second kappa shape index (κ2) is 11.7. The molecule has 0 unspecified atom stereocenters. The number of hydrogen-bond acceptors (Lipinski definition) is 2. The van der Waals surface area contributed by atoms with Gasteiger partial charge in [-0.25, -0.2) is 8.78 Å². The average Bonchev–Trinajstić information content (AvgIpc) is 2.87. The van der Waals surface area contributed by atoms with Gasteiger partial charge >= 0.3 is 0 Å². The molecule has 0 spiro atoms. The lowest BCUT2D eigenvalue weighted by Crippen LogP contribution is -2.20. The summed E-state index contributed by atoms with van der Waals surface area (Å²) < 4.78 is 55.2. The summed E-state index contributed by atoms with van der Waals surface area (Å²) >= 11 is 0. The van der Waals surface area contributed by atoms with Gasteiger partial charge in [0.1, 0.15) is 11.6 Å². The van der Waals surface area contributed by atoms with Gasteiger partial charge in [-0.2, -0.15) is 4.39 Å². The highest BCUT2D eigenvalue weighted by Gasteiger charge is 2.26. The molecule has 0 radical (unpaired) electrons. The van der Waals surface area contributed by atoms with Crippen LogP contribution in [0.3, 0.4) is 0 Å². The second-order valence-electron chi connectivity index (χ2n) is 9.33. The van der Waals surface area contributed by atoms with Crippen LogP contribution in [0, 0.1) is 23.4 Å². The number of hydrogen-bond donors (Lipinski definition) is 0. The monoisotopic (exact) mass is 482 g/mol. The highest BCUT2D eigenvalue weighted by Crippen LogP contribution is 2.38. The molecule has 35 heavy (non-hydrogen) atoms. The topological polar surface area (TPSA) is 18.5 Å². The van der Waals surface area contributed by atoms with Crippen molar-refractivity contribution in [3.05, 3.63) is 83.2 Å². The summed E-state index contributed by atoms with van der Waals surface area (Å²) in [4.78, 5) is 0. The minimum atomic E-state index is -0.953. The minimum absolute atomic E-state index is 0.0615. The Kier molecular flexibility index (Phi) is 8.37. The van der Waals surface area contributed by atoms with Crippen LogP contribution >= 0.6 is 0 Å². The Morgan fingerprint density at radius 1 is 0.800 bits per heavy atom. The molecule has 0 amide bonds. The molecule has 186 valence electrons. The smallest absolute Gasteiger partial charge is 0.201 e. The molecule has 4 rings (SSSR count). The van der Waals surface area contributed by atoms with E-state index in [9.17, 15) is 13.2 Å². The van der Waals surface area contributed by atoms with Gasteiger partial charge in [-0.1, -0.05) is 43.7 Å². The summed E-state index contributed by atoms with van der Waals surface area (Å²) in [5.74, 6) is -1.21.